The molecule has 0 saturated heterocycles. The first-order valence-electron chi connectivity index (χ1n) is 3.77. The quantitative estimate of drug-likeness (QED) is 0.626. The minimum absolute atomic E-state index is 0.0762. The van der Waals surface area contributed by atoms with Crippen molar-refractivity contribution in [2.45, 2.75) is 13.8 Å². The fourth-order valence-electron chi connectivity index (χ4n) is 0.758. The Hall–Kier alpha value is -0.218. The number of benzene rings is 1. The molecule has 1 aromatic carbocycles. The van der Waals surface area contributed by atoms with Crippen LogP contribution in [0.25, 0.3) is 0 Å². The van der Waals surface area contributed by atoms with Crippen molar-refractivity contribution in [1.82, 2.24) is 0 Å². The summed E-state index contributed by atoms with van der Waals surface area (Å²) in [4.78, 5) is 10.5. The topological polar surface area (TPSA) is 26.3 Å². The average Bonchev–Trinajstić information content (AvgIpc) is 2.08. The Bertz CT molecular complexity index is 301. The van der Waals surface area contributed by atoms with Gasteiger partial charge in [-0.3, -0.25) is 0 Å². The molecule has 13 heavy (non-hydrogen) atoms. The second kappa shape index (κ2) is 5.50. The van der Waals surface area contributed by atoms with Crippen LogP contribution >= 0.6 is 6.77 Å². The Morgan fingerprint density at radius 3 is 2.77 bits per heavy atom. The fraction of sp³-hybridized carbons (Fsp3) is 0.222. The second-order valence-corrected chi connectivity index (χ2v) is 5.78. The molecule has 0 N–H and O–H groups in total. The number of hydrogen-bond donors (Lipinski definition) is 0. The molecule has 1 unspecified atom stereocenters. The van der Waals surface area contributed by atoms with E-state index >= 15 is 0 Å². The maximum absolute atomic E-state index is 10.5. The summed E-state index contributed by atoms with van der Waals surface area (Å²) in [5.41, 5.74) is 1.27. The van der Waals surface area contributed by atoms with Gasteiger partial charge in [0.25, 0.3) is 0 Å². The Kier molecular flexibility index (Phi) is 4.59. The van der Waals surface area contributed by atoms with E-state index in [4.69, 9.17) is 3.46 Å². The Labute approximate surface area is 87.9 Å². The summed E-state index contributed by atoms with van der Waals surface area (Å²) >= 11 is 0.0762. The summed E-state index contributed by atoms with van der Waals surface area (Å²) in [6.45, 7) is 4.12. The summed E-state index contributed by atoms with van der Waals surface area (Å²) in [5, 5.41) is 1.29. The van der Waals surface area contributed by atoms with Crippen molar-refractivity contribution in [2.24, 2.45) is 0 Å². The van der Waals surface area contributed by atoms with Crippen molar-refractivity contribution < 1.29 is 26.1 Å². The second-order valence-electron chi connectivity index (χ2n) is 2.51. The molecule has 0 aromatic heterocycles. The first-order chi connectivity index (χ1) is 6.20. The molecular weight excluding hydrogens is 277 g/mol. The van der Waals surface area contributed by atoms with Crippen LogP contribution in [0.1, 0.15) is 12.5 Å². The molecule has 0 spiro atoms. The molecule has 0 radical (unpaired) electrons. The van der Waals surface area contributed by atoms with Crippen LogP contribution in [0.3, 0.4) is 0 Å². The predicted molar refractivity (Wildman–Crippen MR) is 50.9 cm³/mol. The van der Waals surface area contributed by atoms with Crippen molar-refractivity contribution in [3.8, 4) is 0 Å². The van der Waals surface area contributed by atoms with Gasteiger partial charge < -0.3 is 0 Å². The fourth-order valence-corrected chi connectivity index (χ4v) is 4.04. The van der Waals surface area contributed by atoms with Gasteiger partial charge in [-0.1, -0.05) is 0 Å². The molecule has 0 bridgehead atoms. The van der Waals surface area contributed by atoms with Crippen LogP contribution in [-0.2, 0) is 26.1 Å². The van der Waals surface area contributed by atoms with Crippen molar-refractivity contribution >= 4 is 18.0 Å². The van der Waals surface area contributed by atoms with E-state index in [2.05, 4.69) is 19.1 Å². The number of rotatable bonds is 3. The monoisotopic (exact) mass is 288 g/mol. The van der Waals surface area contributed by atoms with Gasteiger partial charge in [0.2, 0.25) is 0 Å². The van der Waals surface area contributed by atoms with Crippen molar-refractivity contribution in [3.05, 3.63) is 29.8 Å². The Morgan fingerprint density at radius 1 is 1.46 bits per heavy atom. The Balaban J connectivity index is 2.45. The molecule has 0 aliphatic carbocycles. The van der Waals surface area contributed by atoms with Gasteiger partial charge in [-0.05, 0) is 0 Å². The molecule has 0 heterocycles. The zero-order chi connectivity index (χ0) is 9.68. The summed E-state index contributed by atoms with van der Waals surface area (Å²) in [7, 11) is 0. The van der Waals surface area contributed by atoms with Gasteiger partial charge in [-0.15, -0.1) is 0 Å². The molecule has 1 rings (SSSR count). The standard InChI is InChI=1S/C7H8P.C2H4O2.Pd/c1-6-4-2-3-5-7(6)8;1-2(3)4;/h2-5,8H,1H3;1H3,(H,3,4);/q-1;;+2/p-1. The molecule has 4 heteroatoms. The van der Waals surface area contributed by atoms with E-state index in [1.165, 1.54) is 17.8 Å². The van der Waals surface area contributed by atoms with Gasteiger partial charge >= 0.3 is 87.8 Å². The number of hydrogen-bond acceptors (Lipinski definition) is 2. The van der Waals surface area contributed by atoms with E-state index in [0.717, 1.165) is 0 Å². The first kappa shape index (κ1) is 10.9. The van der Waals surface area contributed by atoms with Gasteiger partial charge in [-0.25, -0.2) is 0 Å². The van der Waals surface area contributed by atoms with Crippen LogP contribution in [0.4, 0.5) is 0 Å². The molecule has 74 valence electrons. The van der Waals surface area contributed by atoms with E-state index in [9.17, 15) is 4.79 Å². The third-order valence-electron chi connectivity index (χ3n) is 1.39. The molecule has 1 atom stereocenters. The normalized spacial score (nSPS) is 10.9. The molecule has 0 fully saturated rings. The van der Waals surface area contributed by atoms with Crippen LogP contribution in [0, 0.1) is 6.92 Å². The van der Waals surface area contributed by atoms with Crippen LogP contribution in [0.2, 0.25) is 0 Å². The molecule has 0 saturated carbocycles. The van der Waals surface area contributed by atoms with Gasteiger partial charge in [-0.2, -0.15) is 0 Å². The summed E-state index contributed by atoms with van der Waals surface area (Å²) in [6, 6.07) is 8.18. The Morgan fingerprint density at radius 2 is 2.15 bits per heavy atom. The van der Waals surface area contributed by atoms with Crippen LogP contribution < -0.4 is 5.30 Å². The predicted octanol–water partition coefficient (Wildman–Crippen LogP) is 1.77. The maximum atomic E-state index is 10.5. The van der Waals surface area contributed by atoms with Crippen LogP contribution in [0.15, 0.2) is 24.3 Å². The van der Waals surface area contributed by atoms with Crippen molar-refractivity contribution in [3.63, 3.8) is 0 Å². The molecule has 0 amide bonds. The summed E-state index contributed by atoms with van der Waals surface area (Å²) in [6.07, 6.45) is 0. The molecule has 0 aliphatic rings. The summed E-state index contributed by atoms with van der Waals surface area (Å²) < 4.78 is 4.92. The van der Waals surface area contributed by atoms with Gasteiger partial charge in [0.15, 0.2) is 0 Å². The van der Waals surface area contributed by atoms with Crippen molar-refractivity contribution in [1.29, 1.82) is 0 Å². The minimum atomic E-state index is -0.185. The van der Waals surface area contributed by atoms with Crippen LogP contribution in [0.5, 0.6) is 0 Å². The van der Waals surface area contributed by atoms with E-state index in [1.807, 2.05) is 12.1 Å². The van der Waals surface area contributed by atoms with E-state index in [-0.39, 0.29) is 23.8 Å². The number of aryl methyl sites for hydroxylation is 1. The average molecular weight is 289 g/mol. The third-order valence-corrected chi connectivity index (χ3v) is 4.90. The van der Waals surface area contributed by atoms with Gasteiger partial charge in [0.05, 0.1) is 0 Å². The SMILES string of the molecule is CC(=O)[O][Pd][PH]c1ccccc1C. The number of carbonyl (C=O) groups excluding carboxylic acids is 1. The molecule has 0 aliphatic heterocycles. The molecule has 1 aromatic rings. The van der Waals surface area contributed by atoms with Crippen molar-refractivity contribution in [2.75, 3.05) is 0 Å². The molecular formula is C9H11O2PPd. The zero-order valence-corrected chi connectivity index (χ0v) is 10.00. The number of carbonyl (C=O) groups is 1. The van der Waals surface area contributed by atoms with Gasteiger partial charge in [0.1, 0.15) is 0 Å². The van der Waals surface area contributed by atoms with Gasteiger partial charge in [0, 0.05) is 0 Å². The van der Waals surface area contributed by atoms with Crippen LogP contribution in [-0.4, -0.2) is 5.97 Å². The third kappa shape index (κ3) is 4.00. The summed E-state index contributed by atoms with van der Waals surface area (Å²) in [5.74, 6) is -0.185. The van der Waals surface area contributed by atoms with E-state index in [1.54, 1.807) is 0 Å². The first-order valence-corrected chi connectivity index (χ1v) is 7.56. The zero-order valence-electron chi connectivity index (χ0n) is 7.44. The van der Waals surface area contributed by atoms with E-state index in [0.29, 0.717) is 6.77 Å². The molecule has 2 nitrogen and oxygen atoms in total. The van der Waals surface area contributed by atoms with E-state index < -0.39 is 0 Å².